The lowest BCUT2D eigenvalue weighted by molar-refractivity contribution is -0.384. The first-order chi connectivity index (χ1) is 13.4. The molecule has 0 fully saturated rings. The van der Waals surface area contributed by atoms with Crippen LogP contribution in [0.25, 0.3) is 0 Å². The van der Waals surface area contributed by atoms with E-state index in [1.165, 1.54) is 6.07 Å². The Morgan fingerprint density at radius 1 is 1.07 bits per heavy atom. The van der Waals surface area contributed by atoms with Crippen LogP contribution < -0.4 is 16.0 Å². The van der Waals surface area contributed by atoms with Crippen molar-refractivity contribution in [1.29, 1.82) is 0 Å². The van der Waals surface area contributed by atoms with Crippen molar-refractivity contribution in [3.05, 3.63) is 64.2 Å². The molecule has 0 spiro atoms. The molecular formula is C20H24N4O4. The number of benzene rings is 2. The van der Waals surface area contributed by atoms with Gasteiger partial charge in [-0.05, 0) is 23.8 Å². The number of amides is 2. The van der Waals surface area contributed by atoms with E-state index in [0.717, 1.165) is 5.56 Å². The van der Waals surface area contributed by atoms with Gasteiger partial charge in [0.15, 0.2) is 0 Å². The van der Waals surface area contributed by atoms with Crippen molar-refractivity contribution in [3.8, 4) is 0 Å². The van der Waals surface area contributed by atoms with Gasteiger partial charge in [0, 0.05) is 37.2 Å². The first-order valence-electron chi connectivity index (χ1n) is 9.00. The summed E-state index contributed by atoms with van der Waals surface area (Å²) in [6, 6.07) is 13.6. The third-order valence-electron chi connectivity index (χ3n) is 4.00. The number of nitrogens with zero attached hydrogens (tertiary/aromatic N) is 1. The van der Waals surface area contributed by atoms with E-state index in [9.17, 15) is 19.7 Å². The lowest BCUT2D eigenvalue weighted by atomic mass is 10.1. The van der Waals surface area contributed by atoms with Crippen LogP contribution in [-0.2, 0) is 16.1 Å². The lowest BCUT2D eigenvalue weighted by Gasteiger charge is -2.10. The van der Waals surface area contributed by atoms with E-state index in [2.05, 4.69) is 16.0 Å². The number of nitrogens with one attached hydrogen (secondary N) is 3. The molecule has 0 heterocycles. The van der Waals surface area contributed by atoms with Gasteiger partial charge in [0.05, 0.1) is 4.92 Å². The van der Waals surface area contributed by atoms with Crippen LogP contribution in [0.15, 0.2) is 48.5 Å². The highest BCUT2D eigenvalue weighted by molar-refractivity contribution is 5.92. The number of nitro benzene ring substituents is 1. The van der Waals surface area contributed by atoms with E-state index in [4.69, 9.17) is 0 Å². The Labute approximate surface area is 163 Å². The molecule has 0 aliphatic heterocycles. The van der Waals surface area contributed by atoms with Crippen molar-refractivity contribution < 1.29 is 14.5 Å². The summed E-state index contributed by atoms with van der Waals surface area (Å²) in [5.41, 5.74) is 1.98. The van der Waals surface area contributed by atoms with Crippen molar-refractivity contribution in [3.63, 3.8) is 0 Å². The van der Waals surface area contributed by atoms with E-state index < -0.39 is 4.92 Å². The number of rotatable bonds is 9. The summed E-state index contributed by atoms with van der Waals surface area (Å²) >= 11 is 0. The minimum atomic E-state index is -0.463. The smallest absolute Gasteiger partial charge is 0.292 e. The average Bonchev–Trinajstić information content (AvgIpc) is 2.67. The molecule has 2 aromatic carbocycles. The van der Waals surface area contributed by atoms with Crippen molar-refractivity contribution in [2.45, 2.75) is 26.8 Å². The zero-order chi connectivity index (χ0) is 20.5. The normalized spacial score (nSPS) is 10.4. The van der Waals surface area contributed by atoms with Crippen LogP contribution in [0.4, 0.5) is 17.1 Å². The molecule has 0 aliphatic rings. The molecule has 8 heteroatoms. The van der Waals surface area contributed by atoms with Crippen molar-refractivity contribution in [1.82, 2.24) is 5.32 Å². The molecule has 2 rings (SSSR count). The molecule has 148 valence electrons. The van der Waals surface area contributed by atoms with Crippen LogP contribution in [0, 0.1) is 16.0 Å². The number of anilines is 2. The highest BCUT2D eigenvalue weighted by Gasteiger charge is 2.12. The molecule has 0 saturated carbocycles. The summed E-state index contributed by atoms with van der Waals surface area (Å²) in [5, 5.41) is 19.5. The van der Waals surface area contributed by atoms with Gasteiger partial charge in [-0.2, -0.15) is 0 Å². The number of carbonyl (C=O) groups is 2. The Hall–Kier alpha value is -3.42. The molecular weight excluding hydrogens is 360 g/mol. The average molecular weight is 384 g/mol. The Morgan fingerprint density at radius 2 is 1.75 bits per heavy atom. The predicted octanol–water partition coefficient (Wildman–Crippen LogP) is 3.31. The first kappa shape index (κ1) is 20.9. The summed E-state index contributed by atoms with van der Waals surface area (Å²) in [6.45, 7) is 4.30. The maximum absolute atomic E-state index is 12.0. The minimum absolute atomic E-state index is 0.0208. The molecule has 0 bridgehead atoms. The summed E-state index contributed by atoms with van der Waals surface area (Å²) in [4.78, 5) is 34.1. The summed E-state index contributed by atoms with van der Waals surface area (Å²) < 4.78 is 0. The summed E-state index contributed by atoms with van der Waals surface area (Å²) in [5.74, 6) is -0.305. The summed E-state index contributed by atoms with van der Waals surface area (Å²) in [7, 11) is 0. The van der Waals surface area contributed by atoms with Gasteiger partial charge in [0.2, 0.25) is 11.8 Å². The largest absolute Gasteiger partial charge is 0.379 e. The van der Waals surface area contributed by atoms with Gasteiger partial charge in [0.1, 0.15) is 5.69 Å². The molecule has 0 atom stereocenters. The number of para-hydroxylation sites is 2. The van der Waals surface area contributed by atoms with Crippen LogP contribution in [0.5, 0.6) is 0 Å². The second-order valence-corrected chi connectivity index (χ2v) is 6.57. The van der Waals surface area contributed by atoms with Gasteiger partial charge in [-0.15, -0.1) is 0 Å². The molecule has 2 amide bonds. The maximum Gasteiger partial charge on any atom is 0.292 e. The maximum atomic E-state index is 12.0. The van der Waals surface area contributed by atoms with Crippen LogP contribution >= 0.6 is 0 Å². The van der Waals surface area contributed by atoms with Gasteiger partial charge in [0.25, 0.3) is 5.69 Å². The fourth-order valence-electron chi connectivity index (χ4n) is 2.37. The molecule has 8 nitrogen and oxygen atoms in total. The fraction of sp³-hybridized carbons (Fsp3) is 0.300. The Kier molecular flexibility index (Phi) is 7.50. The van der Waals surface area contributed by atoms with Crippen LogP contribution in [0.3, 0.4) is 0 Å². The predicted molar refractivity (Wildman–Crippen MR) is 108 cm³/mol. The Balaban J connectivity index is 1.75. The first-order valence-corrected chi connectivity index (χ1v) is 9.00. The van der Waals surface area contributed by atoms with E-state index in [1.54, 1.807) is 30.3 Å². The number of hydrogen-bond acceptors (Lipinski definition) is 5. The van der Waals surface area contributed by atoms with Crippen molar-refractivity contribution in [2.75, 3.05) is 17.2 Å². The quantitative estimate of drug-likeness (QED) is 0.453. The lowest BCUT2D eigenvalue weighted by Crippen LogP contribution is -2.25. The minimum Gasteiger partial charge on any atom is -0.379 e. The molecule has 3 N–H and O–H groups in total. The molecule has 0 saturated heterocycles. The van der Waals surface area contributed by atoms with Crippen molar-refractivity contribution >= 4 is 28.9 Å². The highest BCUT2D eigenvalue weighted by atomic mass is 16.6. The third-order valence-corrected chi connectivity index (χ3v) is 4.00. The zero-order valence-corrected chi connectivity index (χ0v) is 15.9. The molecule has 2 aromatic rings. The van der Waals surface area contributed by atoms with Gasteiger partial charge >= 0.3 is 0 Å². The standard InChI is InChI=1S/C20H24N4O4/c1-14(2)20(26)23-16-9-7-15(8-10-16)13-22-19(25)11-12-21-17-5-3-4-6-18(17)24(27)28/h3-10,14,21H,11-13H2,1-2H3,(H,22,25)(H,23,26). The van der Waals surface area contributed by atoms with Crippen LogP contribution in [0.1, 0.15) is 25.8 Å². The zero-order valence-electron chi connectivity index (χ0n) is 15.9. The molecule has 0 aromatic heterocycles. The van der Waals surface area contributed by atoms with Crippen molar-refractivity contribution in [2.24, 2.45) is 5.92 Å². The second kappa shape index (κ2) is 10.1. The molecule has 0 unspecified atom stereocenters. The van der Waals surface area contributed by atoms with E-state index in [-0.39, 0.29) is 36.4 Å². The highest BCUT2D eigenvalue weighted by Crippen LogP contribution is 2.22. The summed E-state index contributed by atoms with van der Waals surface area (Å²) in [6.07, 6.45) is 0.189. The molecule has 0 radical (unpaired) electrons. The van der Waals surface area contributed by atoms with E-state index in [1.807, 2.05) is 26.0 Å². The number of hydrogen-bond donors (Lipinski definition) is 3. The van der Waals surface area contributed by atoms with Crippen LogP contribution in [-0.4, -0.2) is 23.3 Å². The SMILES string of the molecule is CC(C)C(=O)Nc1ccc(CNC(=O)CCNc2ccccc2[N+](=O)[O-])cc1. The topological polar surface area (TPSA) is 113 Å². The molecule has 28 heavy (non-hydrogen) atoms. The molecule has 0 aliphatic carbocycles. The Morgan fingerprint density at radius 3 is 2.39 bits per heavy atom. The van der Waals surface area contributed by atoms with Crippen LogP contribution in [0.2, 0.25) is 0 Å². The Bertz CT molecular complexity index is 834. The second-order valence-electron chi connectivity index (χ2n) is 6.57. The van der Waals surface area contributed by atoms with Gasteiger partial charge in [-0.3, -0.25) is 19.7 Å². The van der Waals surface area contributed by atoms with E-state index in [0.29, 0.717) is 17.9 Å². The van der Waals surface area contributed by atoms with Gasteiger partial charge < -0.3 is 16.0 Å². The third kappa shape index (κ3) is 6.39. The number of carbonyl (C=O) groups excluding carboxylic acids is 2. The van der Waals surface area contributed by atoms with Gasteiger partial charge in [-0.25, -0.2) is 0 Å². The fourth-order valence-corrected chi connectivity index (χ4v) is 2.37. The van der Waals surface area contributed by atoms with E-state index >= 15 is 0 Å². The van der Waals surface area contributed by atoms with Gasteiger partial charge in [-0.1, -0.05) is 38.1 Å². The number of nitro groups is 1. The monoisotopic (exact) mass is 384 g/mol.